The monoisotopic (exact) mass is 254 g/mol. The Morgan fingerprint density at radius 1 is 1.11 bits per heavy atom. The molecule has 3 fully saturated rings. The molecule has 6 nitrogen and oxygen atoms in total. The molecule has 3 aliphatic rings. The first-order valence-electron chi connectivity index (χ1n) is 6.56. The minimum Gasteiger partial charge on any atom is -0.481 e. The van der Waals surface area contributed by atoms with Crippen molar-refractivity contribution < 1.29 is 19.4 Å². The molecule has 0 radical (unpaired) electrons. The molecule has 100 valence electrons. The number of carbonyl (C=O) groups excluding carboxylic acids is 1. The Balaban J connectivity index is 1.77. The lowest BCUT2D eigenvalue weighted by Gasteiger charge is -2.33. The van der Waals surface area contributed by atoms with Crippen LogP contribution in [0.15, 0.2) is 0 Å². The van der Waals surface area contributed by atoms with Crippen molar-refractivity contribution in [3.63, 3.8) is 0 Å². The Labute approximate surface area is 105 Å². The first kappa shape index (κ1) is 11.9. The molecule has 2 unspecified atom stereocenters. The van der Waals surface area contributed by atoms with Gasteiger partial charge >= 0.3 is 5.97 Å². The van der Waals surface area contributed by atoms with Gasteiger partial charge in [-0.2, -0.15) is 0 Å². The van der Waals surface area contributed by atoms with Crippen molar-refractivity contribution in [2.75, 3.05) is 26.2 Å². The number of aliphatic carboxylic acids is 1. The summed E-state index contributed by atoms with van der Waals surface area (Å²) in [7, 11) is 0. The number of piperazine rings is 1. The highest BCUT2D eigenvalue weighted by molar-refractivity contribution is 5.86. The molecule has 3 saturated heterocycles. The van der Waals surface area contributed by atoms with Crippen molar-refractivity contribution in [3.8, 4) is 0 Å². The second-order valence-electron chi connectivity index (χ2n) is 5.26. The third-order valence-electron chi connectivity index (χ3n) is 4.27. The lowest BCUT2D eigenvalue weighted by atomic mass is 9.78. The Bertz CT molecular complexity index is 367. The average molecular weight is 254 g/mol. The van der Waals surface area contributed by atoms with Crippen LogP contribution in [-0.2, 0) is 14.3 Å². The molecule has 0 aromatic carbocycles. The molecule has 2 bridgehead atoms. The van der Waals surface area contributed by atoms with Gasteiger partial charge in [0.05, 0.1) is 24.0 Å². The third kappa shape index (κ3) is 1.80. The molecule has 6 heteroatoms. The molecule has 0 aromatic heterocycles. The van der Waals surface area contributed by atoms with Crippen molar-refractivity contribution in [2.45, 2.75) is 25.0 Å². The van der Waals surface area contributed by atoms with Gasteiger partial charge in [0.25, 0.3) is 0 Å². The molecule has 18 heavy (non-hydrogen) atoms. The first-order valence-corrected chi connectivity index (χ1v) is 6.56. The molecular weight excluding hydrogens is 236 g/mol. The van der Waals surface area contributed by atoms with E-state index in [1.165, 1.54) is 0 Å². The summed E-state index contributed by atoms with van der Waals surface area (Å²) < 4.78 is 5.63. The van der Waals surface area contributed by atoms with Gasteiger partial charge in [0.15, 0.2) is 0 Å². The number of carboxylic acids is 1. The average Bonchev–Trinajstić information content (AvgIpc) is 2.99. The molecule has 4 atom stereocenters. The van der Waals surface area contributed by atoms with Crippen LogP contribution in [0.4, 0.5) is 0 Å². The van der Waals surface area contributed by atoms with E-state index >= 15 is 0 Å². The molecule has 0 spiro atoms. The third-order valence-corrected chi connectivity index (χ3v) is 4.27. The number of nitrogens with zero attached hydrogens (tertiary/aromatic N) is 1. The van der Waals surface area contributed by atoms with E-state index in [1.54, 1.807) is 4.90 Å². The van der Waals surface area contributed by atoms with Crippen LogP contribution in [0, 0.1) is 11.8 Å². The van der Waals surface area contributed by atoms with E-state index in [1.807, 2.05) is 0 Å². The Hall–Kier alpha value is -1.14. The zero-order valence-electron chi connectivity index (χ0n) is 10.2. The van der Waals surface area contributed by atoms with Gasteiger partial charge in [-0.1, -0.05) is 0 Å². The predicted molar refractivity (Wildman–Crippen MR) is 62.0 cm³/mol. The SMILES string of the molecule is O=C(O)C1C(C(=O)N2CCNCC2)[C@@H]2CC[C@H]1O2. The van der Waals surface area contributed by atoms with E-state index in [0.717, 1.165) is 25.9 Å². The van der Waals surface area contributed by atoms with E-state index in [-0.39, 0.29) is 18.1 Å². The Morgan fingerprint density at radius 2 is 1.72 bits per heavy atom. The van der Waals surface area contributed by atoms with Crippen molar-refractivity contribution in [3.05, 3.63) is 0 Å². The maximum absolute atomic E-state index is 12.5. The maximum Gasteiger partial charge on any atom is 0.310 e. The number of amides is 1. The molecule has 0 saturated carbocycles. The number of rotatable bonds is 2. The van der Waals surface area contributed by atoms with Crippen LogP contribution in [0.5, 0.6) is 0 Å². The molecular formula is C12H18N2O4. The molecule has 3 rings (SSSR count). The number of fused-ring (bicyclic) bond motifs is 2. The van der Waals surface area contributed by atoms with E-state index in [9.17, 15) is 14.7 Å². The fourth-order valence-electron chi connectivity index (χ4n) is 3.40. The largest absolute Gasteiger partial charge is 0.481 e. The highest BCUT2D eigenvalue weighted by atomic mass is 16.5. The summed E-state index contributed by atoms with van der Waals surface area (Å²) in [5, 5.41) is 12.5. The highest BCUT2D eigenvalue weighted by Crippen LogP contribution is 2.44. The van der Waals surface area contributed by atoms with Crippen molar-refractivity contribution in [2.24, 2.45) is 11.8 Å². The zero-order valence-corrected chi connectivity index (χ0v) is 10.2. The molecule has 1 amide bonds. The first-order chi connectivity index (χ1) is 8.68. The van der Waals surface area contributed by atoms with Crippen LogP contribution in [0.1, 0.15) is 12.8 Å². The van der Waals surface area contributed by atoms with Gasteiger partial charge in [-0.05, 0) is 12.8 Å². The summed E-state index contributed by atoms with van der Waals surface area (Å²) in [6.07, 6.45) is 1.15. The quantitative estimate of drug-likeness (QED) is 0.681. The van der Waals surface area contributed by atoms with E-state index in [0.29, 0.717) is 13.1 Å². The number of hydrogen-bond acceptors (Lipinski definition) is 4. The van der Waals surface area contributed by atoms with Gasteiger partial charge < -0.3 is 20.1 Å². The topological polar surface area (TPSA) is 78.9 Å². The van der Waals surface area contributed by atoms with Crippen LogP contribution in [0.25, 0.3) is 0 Å². The van der Waals surface area contributed by atoms with E-state index in [2.05, 4.69) is 5.32 Å². The van der Waals surface area contributed by atoms with Crippen molar-refractivity contribution in [1.82, 2.24) is 10.2 Å². The molecule has 0 aromatic rings. The molecule has 2 N–H and O–H groups in total. The number of carbonyl (C=O) groups is 2. The normalized spacial score (nSPS) is 39.0. The van der Waals surface area contributed by atoms with Crippen LogP contribution in [0.2, 0.25) is 0 Å². The molecule has 3 heterocycles. The minimum atomic E-state index is -0.893. The second-order valence-corrected chi connectivity index (χ2v) is 5.26. The van der Waals surface area contributed by atoms with E-state index in [4.69, 9.17) is 4.74 Å². The number of nitrogens with one attached hydrogen (secondary N) is 1. The smallest absolute Gasteiger partial charge is 0.310 e. The van der Waals surface area contributed by atoms with Crippen molar-refractivity contribution >= 4 is 11.9 Å². The fraction of sp³-hybridized carbons (Fsp3) is 0.833. The molecule has 0 aliphatic carbocycles. The van der Waals surface area contributed by atoms with Gasteiger partial charge in [0.1, 0.15) is 0 Å². The standard InChI is InChI=1S/C12H18N2O4/c15-11(14-5-3-13-4-6-14)9-7-1-2-8(18-7)10(9)12(16)17/h7-10,13H,1-6H2,(H,16,17)/t7-,8+,9?,10?/m0/s1. The Kier molecular flexibility index (Phi) is 2.99. The lowest BCUT2D eigenvalue weighted by molar-refractivity contribution is -0.151. The highest BCUT2D eigenvalue weighted by Gasteiger charge is 2.56. The summed E-state index contributed by atoms with van der Waals surface area (Å²) in [4.78, 5) is 25.6. The van der Waals surface area contributed by atoms with Crippen LogP contribution < -0.4 is 5.32 Å². The molecule has 3 aliphatic heterocycles. The predicted octanol–water partition coefficient (Wildman–Crippen LogP) is -0.704. The number of ether oxygens (including phenoxy) is 1. The van der Waals surface area contributed by atoms with Gasteiger partial charge in [0, 0.05) is 26.2 Å². The summed E-state index contributed by atoms with van der Waals surface area (Å²) in [6, 6.07) is 0. The fourth-order valence-corrected chi connectivity index (χ4v) is 3.40. The Morgan fingerprint density at radius 3 is 2.33 bits per heavy atom. The summed E-state index contributed by atoms with van der Waals surface area (Å²) in [5.41, 5.74) is 0. The van der Waals surface area contributed by atoms with Gasteiger partial charge in [-0.3, -0.25) is 9.59 Å². The minimum absolute atomic E-state index is 0.0314. The van der Waals surface area contributed by atoms with Gasteiger partial charge in [-0.25, -0.2) is 0 Å². The lowest BCUT2D eigenvalue weighted by Crippen LogP contribution is -2.52. The van der Waals surface area contributed by atoms with Crippen LogP contribution in [-0.4, -0.2) is 60.3 Å². The van der Waals surface area contributed by atoms with Gasteiger partial charge in [0.2, 0.25) is 5.91 Å². The van der Waals surface area contributed by atoms with Gasteiger partial charge in [-0.15, -0.1) is 0 Å². The van der Waals surface area contributed by atoms with Crippen LogP contribution in [0.3, 0.4) is 0 Å². The van der Waals surface area contributed by atoms with Crippen LogP contribution >= 0.6 is 0 Å². The van der Waals surface area contributed by atoms with Crippen molar-refractivity contribution in [1.29, 1.82) is 0 Å². The number of carboxylic acid groups (broad SMARTS) is 1. The maximum atomic E-state index is 12.5. The summed E-state index contributed by atoms with van der Waals surface area (Å²) in [5.74, 6) is -2.04. The number of hydrogen-bond donors (Lipinski definition) is 2. The second kappa shape index (κ2) is 4.51. The van der Waals surface area contributed by atoms with E-state index < -0.39 is 17.8 Å². The zero-order chi connectivity index (χ0) is 12.7. The summed E-state index contributed by atoms with van der Waals surface area (Å²) in [6.45, 7) is 2.90. The summed E-state index contributed by atoms with van der Waals surface area (Å²) >= 11 is 0.